The van der Waals surface area contributed by atoms with E-state index in [9.17, 15) is 19.5 Å². The molecule has 0 saturated heterocycles. The molecule has 336 valence electrons. The van der Waals surface area contributed by atoms with E-state index in [0.717, 1.165) is 51.4 Å². The fourth-order valence-electron chi connectivity index (χ4n) is 7.38. The molecule has 0 aliphatic rings. The largest absolute Gasteiger partial charge is 0.477 e. The molecule has 0 aromatic heterocycles. The smallest absolute Gasteiger partial charge is 0.362 e. The van der Waals surface area contributed by atoms with Crippen LogP contribution in [0.3, 0.4) is 0 Å². The number of rotatable bonds is 44. The van der Waals surface area contributed by atoms with Gasteiger partial charge in [0.05, 0.1) is 34.4 Å². The molecule has 0 spiro atoms. The molecular formula is C49H94NO7+. The Kier molecular flexibility index (Phi) is 39.4. The first kappa shape index (κ1) is 55.1. The summed E-state index contributed by atoms with van der Waals surface area (Å²) >= 11 is 0. The van der Waals surface area contributed by atoms with Crippen molar-refractivity contribution in [1.82, 2.24) is 0 Å². The van der Waals surface area contributed by atoms with E-state index in [-0.39, 0.29) is 36.2 Å². The van der Waals surface area contributed by atoms with Crippen LogP contribution in [0.25, 0.3) is 0 Å². The maximum Gasteiger partial charge on any atom is 0.362 e. The van der Waals surface area contributed by atoms with Gasteiger partial charge in [0.25, 0.3) is 0 Å². The van der Waals surface area contributed by atoms with Gasteiger partial charge in [-0.2, -0.15) is 0 Å². The third-order valence-electron chi connectivity index (χ3n) is 11.2. The van der Waals surface area contributed by atoms with Gasteiger partial charge in [-0.3, -0.25) is 9.59 Å². The van der Waals surface area contributed by atoms with Crippen LogP contribution in [-0.2, 0) is 28.6 Å². The quantitative estimate of drug-likeness (QED) is 0.0283. The van der Waals surface area contributed by atoms with Crippen LogP contribution < -0.4 is 0 Å². The first-order chi connectivity index (χ1) is 27.6. The minimum absolute atomic E-state index is 0.0507. The number of nitrogens with zero attached hydrogens (tertiary/aromatic N) is 1. The molecule has 0 bridgehead atoms. The first-order valence-electron chi connectivity index (χ1n) is 24.2. The number of ether oxygens (including phenoxy) is 3. The lowest BCUT2D eigenvalue weighted by atomic mass is 10.0. The maximum absolute atomic E-state index is 12.7. The molecule has 8 nitrogen and oxygen atoms in total. The molecule has 57 heavy (non-hydrogen) atoms. The number of carbonyl (C=O) groups excluding carboxylic acids is 2. The standard InChI is InChI=1S/C49H93NO7/c1-6-8-10-12-14-16-18-20-22-23-24-25-26-28-29-31-33-35-37-39-47(51)56-44-45(43-55-42-41-46(49(53)54)50(3,4)5)57-48(52)40-38-36-34-32-30-27-21-19-17-15-13-11-9-7-2/h27,30,45-46H,6-26,28-29,31-44H2,1-5H3/p+1/b30-27+. The number of likely N-dealkylation sites (N-methyl/N-ethyl adjacent to an activating group) is 1. The molecule has 0 saturated carbocycles. The van der Waals surface area contributed by atoms with Crippen molar-refractivity contribution in [3.63, 3.8) is 0 Å². The molecule has 0 aliphatic heterocycles. The van der Waals surface area contributed by atoms with Crippen molar-refractivity contribution in [3.8, 4) is 0 Å². The lowest BCUT2D eigenvalue weighted by Gasteiger charge is -2.31. The Hall–Kier alpha value is -1.93. The number of hydrogen-bond donors (Lipinski definition) is 1. The van der Waals surface area contributed by atoms with Crippen molar-refractivity contribution < 1.29 is 38.2 Å². The van der Waals surface area contributed by atoms with Crippen molar-refractivity contribution in [3.05, 3.63) is 12.2 Å². The molecule has 0 amide bonds. The second-order valence-corrected chi connectivity index (χ2v) is 17.7. The third kappa shape index (κ3) is 39.3. The van der Waals surface area contributed by atoms with E-state index in [4.69, 9.17) is 14.2 Å². The Morgan fingerprint density at radius 1 is 0.509 bits per heavy atom. The Bertz CT molecular complexity index is 947. The maximum atomic E-state index is 12.7. The minimum Gasteiger partial charge on any atom is -0.477 e. The summed E-state index contributed by atoms with van der Waals surface area (Å²) in [5.74, 6) is -1.47. The van der Waals surface area contributed by atoms with Crippen molar-refractivity contribution in [2.24, 2.45) is 0 Å². The molecule has 1 N–H and O–H groups in total. The number of hydrogen-bond acceptors (Lipinski definition) is 6. The van der Waals surface area contributed by atoms with Gasteiger partial charge in [0, 0.05) is 19.3 Å². The highest BCUT2D eigenvalue weighted by atomic mass is 16.6. The van der Waals surface area contributed by atoms with Crippen LogP contribution >= 0.6 is 0 Å². The van der Waals surface area contributed by atoms with Crippen LogP contribution in [0.15, 0.2) is 12.2 Å². The number of carbonyl (C=O) groups is 3. The molecule has 0 rings (SSSR count). The number of unbranched alkanes of at least 4 members (excludes halogenated alkanes) is 28. The molecule has 2 unspecified atom stereocenters. The summed E-state index contributed by atoms with van der Waals surface area (Å²) in [6.07, 6.45) is 44.0. The van der Waals surface area contributed by atoms with Crippen molar-refractivity contribution in [2.45, 2.75) is 244 Å². The topological polar surface area (TPSA) is 99.1 Å². The Morgan fingerprint density at radius 3 is 1.28 bits per heavy atom. The average Bonchev–Trinajstić information content (AvgIpc) is 3.17. The van der Waals surface area contributed by atoms with Gasteiger partial charge >= 0.3 is 17.9 Å². The van der Waals surface area contributed by atoms with E-state index in [0.29, 0.717) is 19.3 Å². The number of esters is 2. The minimum atomic E-state index is -0.874. The lowest BCUT2D eigenvalue weighted by Crippen LogP contribution is -2.50. The summed E-state index contributed by atoms with van der Waals surface area (Å²) in [5.41, 5.74) is 0. The fourth-order valence-corrected chi connectivity index (χ4v) is 7.38. The summed E-state index contributed by atoms with van der Waals surface area (Å²) in [5, 5.41) is 9.63. The number of allylic oxidation sites excluding steroid dienone is 2. The average molecular weight is 809 g/mol. The number of carboxylic acids is 1. The number of quaternary nitrogens is 1. The Labute approximate surface area is 352 Å². The van der Waals surface area contributed by atoms with Gasteiger partial charge in [0.2, 0.25) is 0 Å². The van der Waals surface area contributed by atoms with Crippen LogP contribution in [0.2, 0.25) is 0 Å². The molecule has 0 fully saturated rings. The van der Waals surface area contributed by atoms with Gasteiger partial charge in [0.1, 0.15) is 6.61 Å². The summed E-state index contributed by atoms with van der Waals surface area (Å²) in [7, 11) is 5.53. The van der Waals surface area contributed by atoms with Gasteiger partial charge in [-0.15, -0.1) is 0 Å². The normalized spacial score (nSPS) is 12.9. The van der Waals surface area contributed by atoms with Gasteiger partial charge < -0.3 is 23.8 Å². The zero-order chi connectivity index (χ0) is 42.1. The molecular weight excluding hydrogens is 715 g/mol. The monoisotopic (exact) mass is 809 g/mol. The van der Waals surface area contributed by atoms with Crippen LogP contribution in [0, 0.1) is 0 Å². The highest BCUT2D eigenvalue weighted by molar-refractivity contribution is 5.72. The van der Waals surface area contributed by atoms with Crippen molar-refractivity contribution in [1.29, 1.82) is 0 Å². The molecule has 8 heteroatoms. The van der Waals surface area contributed by atoms with E-state index in [1.807, 2.05) is 21.1 Å². The fraction of sp³-hybridized carbons (Fsp3) is 0.898. The zero-order valence-electron chi connectivity index (χ0n) is 38.3. The number of carboxylic acid groups (broad SMARTS) is 1. The first-order valence-corrected chi connectivity index (χ1v) is 24.2. The van der Waals surface area contributed by atoms with Crippen LogP contribution in [-0.4, -0.2) is 80.6 Å². The lowest BCUT2D eigenvalue weighted by molar-refractivity contribution is -0.887. The van der Waals surface area contributed by atoms with Gasteiger partial charge in [-0.25, -0.2) is 4.79 Å². The van der Waals surface area contributed by atoms with Crippen LogP contribution in [0.4, 0.5) is 0 Å². The van der Waals surface area contributed by atoms with Crippen molar-refractivity contribution >= 4 is 17.9 Å². The molecule has 0 aliphatic carbocycles. The summed E-state index contributed by atoms with van der Waals surface area (Å²) < 4.78 is 17.3. The van der Waals surface area contributed by atoms with Crippen LogP contribution in [0.5, 0.6) is 0 Å². The van der Waals surface area contributed by atoms with Gasteiger partial charge in [-0.1, -0.05) is 187 Å². The predicted molar refractivity (Wildman–Crippen MR) is 239 cm³/mol. The Morgan fingerprint density at radius 2 is 0.877 bits per heavy atom. The van der Waals surface area contributed by atoms with Gasteiger partial charge in [-0.05, 0) is 38.5 Å². The Balaban J connectivity index is 4.24. The van der Waals surface area contributed by atoms with E-state index < -0.39 is 18.1 Å². The summed E-state index contributed by atoms with van der Waals surface area (Å²) in [6.45, 7) is 4.75. The molecule has 0 aromatic rings. The molecule has 0 radical (unpaired) electrons. The summed E-state index contributed by atoms with van der Waals surface area (Å²) in [4.78, 5) is 37.0. The second-order valence-electron chi connectivity index (χ2n) is 17.7. The number of aliphatic carboxylic acids is 1. The summed E-state index contributed by atoms with van der Waals surface area (Å²) in [6, 6.07) is -0.613. The molecule has 2 atom stereocenters. The SMILES string of the molecule is CCCCCCCCC/C=C/CCCCCC(=O)OC(COCCC(C(=O)O)[N+](C)(C)C)COC(=O)CCCCCCCCCCCCCCCCCCCCC. The third-order valence-corrected chi connectivity index (χ3v) is 11.2. The highest BCUT2D eigenvalue weighted by Gasteiger charge is 2.31. The van der Waals surface area contributed by atoms with E-state index in [2.05, 4.69) is 26.0 Å². The highest BCUT2D eigenvalue weighted by Crippen LogP contribution is 2.16. The second kappa shape index (κ2) is 40.8. The van der Waals surface area contributed by atoms with Gasteiger partial charge in [0.15, 0.2) is 12.1 Å². The van der Waals surface area contributed by atoms with E-state index in [1.54, 1.807) is 0 Å². The zero-order valence-corrected chi connectivity index (χ0v) is 38.3. The predicted octanol–water partition coefficient (Wildman–Crippen LogP) is 13.5. The molecule has 0 heterocycles. The van der Waals surface area contributed by atoms with E-state index in [1.165, 1.54) is 148 Å². The molecule has 0 aromatic carbocycles. The van der Waals surface area contributed by atoms with Crippen LogP contribution in [0.1, 0.15) is 232 Å². The van der Waals surface area contributed by atoms with E-state index >= 15 is 0 Å². The van der Waals surface area contributed by atoms with Crippen molar-refractivity contribution in [2.75, 3.05) is 41.0 Å².